The number of hydrogen-bond acceptors (Lipinski definition) is 3. The van der Waals surface area contributed by atoms with Gasteiger partial charge in [-0.3, -0.25) is 0 Å². The Balaban J connectivity index is 1.33. The quantitative estimate of drug-likeness (QED) is 0.193. The van der Waals surface area contributed by atoms with Crippen LogP contribution in [0.25, 0.3) is 77.2 Å². The number of fused-ring (bicyclic) bond motifs is 6. The minimum absolute atomic E-state index is 0.296. The third kappa shape index (κ3) is 4.24. The first-order valence-electron chi connectivity index (χ1n) is 16.3. The van der Waals surface area contributed by atoms with Gasteiger partial charge in [0.1, 0.15) is 12.1 Å². The summed E-state index contributed by atoms with van der Waals surface area (Å²) in [6.07, 6.45) is 0. The predicted octanol–water partition coefficient (Wildman–Crippen LogP) is 10.8. The van der Waals surface area contributed by atoms with E-state index in [1.807, 2.05) is 72.8 Å². The van der Waals surface area contributed by atoms with E-state index in [1.54, 1.807) is 6.07 Å². The Kier molecular flexibility index (Phi) is 6.56. The maximum absolute atomic E-state index is 10.6. The molecule has 5 nitrogen and oxygen atoms in total. The molecule has 0 saturated carbocycles. The first kappa shape index (κ1) is 28.8. The van der Waals surface area contributed by atoms with Gasteiger partial charge < -0.3 is 9.13 Å². The van der Waals surface area contributed by atoms with Crippen LogP contribution in [0.4, 0.5) is 0 Å². The molecule has 9 aromatic rings. The molecule has 0 amide bonds. The van der Waals surface area contributed by atoms with Crippen LogP contribution in [0.5, 0.6) is 0 Å². The highest BCUT2D eigenvalue weighted by Crippen LogP contribution is 2.42. The largest absolute Gasteiger partial charge is 0.309 e. The Hall–Kier alpha value is -7.39. The Morgan fingerprint density at radius 1 is 0.380 bits per heavy atom. The maximum Gasteiger partial charge on any atom is 0.101 e. The Bertz CT molecular complexity index is 2920. The van der Waals surface area contributed by atoms with Crippen molar-refractivity contribution >= 4 is 43.6 Å². The zero-order valence-electron chi connectivity index (χ0n) is 26.7. The van der Waals surface area contributed by atoms with Crippen LogP contribution in [0.1, 0.15) is 16.7 Å². The molecular formula is C45H25N5. The van der Waals surface area contributed by atoms with Gasteiger partial charge in [-0.05, 0) is 65.7 Å². The number of aromatic nitrogens is 2. The topological polar surface area (TPSA) is 81.2 Å². The third-order valence-corrected chi connectivity index (χ3v) is 9.65. The van der Waals surface area contributed by atoms with Crippen molar-refractivity contribution in [3.8, 4) is 51.8 Å². The van der Waals surface area contributed by atoms with Gasteiger partial charge in [-0.15, -0.1) is 0 Å². The van der Waals surface area contributed by atoms with Crippen LogP contribution in [-0.2, 0) is 0 Å². The van der Waals surface area contributed by atoms with Crippen molar-refractivity contribution in [3.05, 3.63) is 168 Å². The van der Waals surface area contributed by atoms with E-state index in [-0.39, 0.29) is 0 Å². The average molecular weight is 636 g/mol. The Morgan fingerprint density at radius 2 is 0.900 bits per heavy atom. The highest BCUT2D eigenvalue weighted by atomic mass is 15.0. The molecule has 0 aliphatic heterocycles. The summed E-state index contributed by atoms with van der Waals surface area (Å²) in [5.41, 5.74) is 10.5. The number of nitriles is 3. The van der Waals surface area contributed by atoms with E-state index in [1.165, 1.54) is 10.8 Å². The molecule has 5 heteroatoms. The van der Waals surface area contributed by atoms with Gasteiger partial charge >= 0.3 is 0 Å². The highest BCUT2D eigenvalue weighted by molar-refractivity contribution is 6.11. The average Bonchev–Trinajstić information content (AvgIpc) is 3.70. The molecule has 0 aliphatic rings. The lowest BCUT2D eigenvalue weighted by Crippen LogP contribution is -2.01. The zero-order chi connectivity index (χ0) is 33.8. The summed E-state index contributed by atoms with van der Waals surface area (Å²) in [6.45, 7) is 0. The van der Waals surface area contributed by atoms with E-state index in [0.29, 0.717) is 22.3 Å². The summed E-state index contributed by atoms with van der Waals surface area (Å²) in [4.78, 5) is 0. The first-order chi connectivity index (χ1) is 24.7. The summed E-state index contributed by atoms with van der Waals surface area (Å²) < 4.78 is 4.43. The van der Waals surface area contributed by atoms with E-state index in [4.69, 9.17) is 0 Å². The number of benzene rings is 7. The zero-order valence-corrected chi connectivity index (χ0v) is 26.7. The van der Waals surface area contributed by atoms with Crippen LogP contribution < -0.4 is 0 Å². The number of rotatable bonds is 4. The molecule has 7 aromatic carbocycles. The molecule has 0 radical (unpaired) electrons. The molecule has 0 fully saturated rings. The second-order valence-corrected chi connectivity index (χ2v) is 12.3. The van der Waals surface area contributed by atoms with Crippen LogP contribution >= 0.6 is 0 Å². The van der Waals surface area contributed by atoms with Crippen LogP contribution in [0.3, 0.4) is 0 Å². The van der Waals surface area contributed by atoms with Gasteiger partial charge in [0.2, 0.25) is 0 Å². The molecule has 0 N–H and O–H groups in total. The van der Waals surface area contributed by atoms with Crippen LogP contribution in [0.15, 0.2) is 152 Å². The second-order valence-electron chi connectivity index (χ2n) is 12.3. The SMILES string of the molecule is N#Cc1ccc2c(c1)c1ccccc1n2-c1cc(C#N)c(C#N)c(-c2ccccc2-c2ccccc2-n2c3ccccc3c3ccccc32)c1. The first-order valence-corrected chi connectivity index (χ1v) is 16.3. The molecule has 2 heterocycles. The number of nitrogens with zero attached hydrogens (tertiary/aromatic N) is 5. The van der Waals surface area contributed by atoms with Gasteiger partial charge in [0.15, 0.2) is 0 Å². The molecule has 9 rings (SSSR count). The van der Waals surface area contributed by atoms with Crippen LogP contribution in [-0.4, -0.2) is 9.13 Å². The standard InChI is InChI=1S/C45H25N5/c46-26-29-21-22-45-39(23-29)37-16-6-7-17-41(37)49(45)31-24-30(27-47)40(28-48)38(25-31)33-12-2-1-11-32(33)34-13-3-8-18-42(34)50-43-19-9-4-14-35(43)36-15-5-10-20-44(36)50/h1-25H. The molecule has 0 saturated heterocycles. The predicted molar refractivity (Wildman–Crippen MR) is 200 cm³/mol. The van der Waals surface area contributed by atoms with Crippen molar-refractivity contribution in [2.75, 3.05) is 0 Å². The second kappa shape index (κ2) is 11.4. The van der Waals surface area contributed by atoms with Crippen molar-refractivity contribution in [1.82, 2.24) is 9.13 Å². The molecule has 0 atom stereocenters. The summed E-state index contributed by atoms with van der Waals surface area (Å²) in [5.74, 6) is 0. The van der Waals surface area contributed by atoms with E-state index in [0.717, 1.165) is 60.9 Å². The van der Waals surface area contributed by atoms with Gasteiger partial charge in [-0.1, -0.05) is 97.1 Å². The minimum atomic E-state index is 0.296. The van der Waals surface area contributed by atoms with Crippen molar-refractivity contribution in [3.63, 3.8) is 0 Å². The van der Waals surface area contributed by atoms with Crippen molar-refractivity contribution < 1.29 is 0 Å². The fraction of sp³-hybridized carbons (Fsp3) is 0. The molecule has 50 heavy (non-hydrogen) atoms. The molecule has 0 unspecified atom stereocenters. The molecule has 230 valence electrons. The van der Waals surface area contributed by atoms with E-state index in [9.17, 15) is 15.8 Å². The van der Waals surface area contributed by atoms with E-state index in [2.05, 4.69) is 100 Å². The molecule has 2 aromatic heterocycles. The number of hydrogen-bond donors (Lipinski definition) is 0. The summed E-state index contributed by atoms with van der Waals surface area (Å²) in [5, 5.41) is 35.0. The van der Waals surface area contributed by atoms with Crippen molar-refractivity contribution in [1.29, 1.82) is 15.8 Å². The monoisotopic (exact) mass is 635 g/mol. The fourth-order valence-electron chi connectivity index (χ4n) is 7.53. The van der Waals surface area contributed by atoms with Crippen molar-refractivity contribution in [2.45, 2.75) is 0 Å². The van der Waals surface area contributed by atoms with Gasteiger partial charge in [0.25, 0.3) is 0 Å². The number of para-hydroxylation sites is 4. The lowest BCUT2D eigenvalue weighted by atomic mass is 9.89. The Labute approximate surface area is 287 Å². The summed E-state index contributed by atoms with van der Waals surface area (Å²) in [6, 6.07) is 57.9. The van der Waals surface area contributed by atoms with Gasteiger partial charge in [-0.25, -0.2) is 0 Å². The molecule has 0 spiro atoms. The fourth-order valence-corrected chi connectivity index (χ4v) is 7.53. The van der Waals surface area contributed by atoms with Gasteiger partial charge in [0, 0.05) is 38.4 Å². The highest BCUT2D eigenvalue weighted by Gasteiger charge is 2.22. The molecule has 0 aliphatic carbocycles. The lowest BCUT2D eigenvalue weighted by Gasteiger charge is -2.19. The summed E-state index contributed by atoms with van der Waals surface area (Å²) in [7, 11) is 0. The van der Waals surface area contributed by atoms with E-state index >= 15 is 0 Å². The van der Waals surface area contributed by atoms with E-state index < -0.39 is 0 Å². The Morgan fingerprint density at radius 3 is 1.52 bits per heavy atom. The van der Waals surface area contributed by atoms with Crippen molar-refractivity contribution in [2.24, 2.45) is 0 Å². The summed E-state index contributed by atoms with van der Waals surface area (Å²) >= 11 is 0. The van der Waals surface area contributed by atoms with Gasteiger partial charge in [-0.2, -0.15) is 15.8 Å². The minimum Gasteiger partial charge on any atom is -0.309 e. The lowest BCUT2D eigenvalue weighted by molar-refractivity contribution is 1.17. The van der Waals surface area contributed by atoms with Crippen LogP contribution in [0.2, 0.25) is 0 Å². The maximum atomic E-state index is 10.6. The normalized spacial score (nSPS) is 11.1. The third-order valence-electron chi connectivity index (χ3n) is 9.65. The smallest absolute Gasteiger partial charge is 0.101 e. The van der Waals surface area contributed by atoms with Crippen LogP contribution in [0, 0.1) is 34.0 Å². The molecular weight excluding hydrogens is 611 g/mol. The molecule has 0 bridgehead atoms. The van der Waals surface area contributed by atoms with Gasteiger partial charge in [0.05, 0.1) is 50.5 Å².